The average molecular weight is 298 g/mol. The first-order valence-corrected chi connectivity index (χ1v) is 7.17. The zero-order valence-electron chi connectivity index (χ0n) is 11.8. The van der Waals surface area contributed by atoms with Gasteiger partial charge in [0.2, 0.25) is 0 Å². The second kappa shape index (κ2) is 5.72. The quantitative estimate of drug-likeness (QED) is 0.795. The van der Waals surface area contributed by atoms with Crippen molar-refractivity contribution >= 4 is 11.6 Å². The summed E-state index contributed by atoms with van der Waals surface area (Å²) >= 11 is 5.92. The van der Waals surface area contributed by atoms with Gasteiger partial charge in [0.1, 0.15) is 0 Å². The van der Waals surface area contributed by atoms with Gasteiger partial charge in [0.05, 0.1) is 11.4 Å². The third-order valence-electron chi connectivity index (χ3n) is 3.43. The molecule has 1 heterocycles. The Bertz CT molecular complexity index is 743. The predicted octanol–water partition coefficient (Wildman–Crippen LogP) is 3.96. The third kappa shape index (κ3) is 2.84. The number of hydrogen-bond donors (Lipinski definition) is 1. The van der Waals surface area contributed by atoms with Crippen LogP contribution in [0.3, 0.4) is 0 Å². The summed E-state index contributed by atoms with van der Waals surface area (Å²) in [6.07, 6.45) is 1.97. The van der Waals surface area contributed by atoms with E-state index in [0.717, 1.165) is 22.5 Å². The van der Waals surface area contributed by atoms with Crippen molar-refractivity contribution in [2.45, 2.75) is 13.5 Å². The van der Waals surface area contributed by atoms with Gasteiger partial charge in [-0.2, -0.15) is 5.10 Å². The number of halogens is 1. The molecule has 0 aliphatic rings. The number of nitrogens with two attached hydrogens (primary N) is 1. The van der Waals surface area contributed by atoms with Crippen molar-refractivity contribution in [3.05, 3.63) is 70.9 Å². The maximum absolute atomic E-state index is 5.92. The molecule has 3 nitrogen and oxygen atoms in total. The van der Waals surface area contributed by atoms with Gasteiger partial charge in [-0.1, -0.05) is 41.4 Å². The van der Waals surface area contributed by atoms with Crippen LogP contribution in [0.5, 0.6) is 0 Å². The minimum Gasteiger partial charge on any atom is -0.326 e. The van der Waals surface area contributed by atoms with E-state index in [4.69, 9.17) is 17.3 Å². The van der Waals surface area contributed by atoms with Crippen molar-refractivity contribution in [3.63, 3.8) is 0 Å². The van der Waals surface area contributed by atoms with Crippen LogP contribution in [0.1, 0.15) is 11.1 Å². The molecule has 0 radical (unpaired) electrons. The number of nitrogens with zero attached hydrogens (tertiary/aromatic N) is 2. The molecule has 21 heavy (non-hydrogen) atoms. The molecule has 0 spiro atoms. The van der Waals surface area contributed by atoms with Crippen molar-refractivity contribution < 1.29 is 0 Å². The number of aromatic nitrogens is 2. The van der Waals surface area contributed by atoms with Gasteiger partial charge in [0.25, 0.3) is 0 Å². The Morgan fingerprint density at radius 2 is 1.71 bits per heavy atom. The van der Waals surface area contributed by atoms with Gasteiger partial charge < -0.3 is 5.73 Å². The minimum absolute atomic E-state index is 0.455. The van der Waals surface area contributed by atoms with Crippen molar-refractivity contribution in [1.29, 1.82) is 0 Å². The molecule has 0 atom stereocenters. The topological polar surface area (TPSA) is 43.8 Å². The first-order valence-electron chi connectivity index (χ1n) is 6.79. The van der Waals surface area contributed by atoms with Crippen LogP contribution in [0.2, 0.25) is 5.02 Å². The van der Waals surface area contributed by atoms with Gasteiger partial charge in [-0.05, 0) is 31.2 Å². The number of hydrogen-bond acceptors (Lipinski definition) is 2. The molecule has 0 saturated carbocycles. The molecule has 2 aromatic carbocycles. The molecule has 3 aromatic rings. The highest BCUT2D eigenvalue weighted by molar-refractivity contribution is 6.30. The van der Waals surface area contributed by atoms with E-state index in [0.29, 0.717) is 11.6 Å². The zero-order valence-corrected chi connectivity index (χ0v) is 12.5. The van der Waals surface area contributed by atoms with Crippen molar-refractivity contribution in [3.8, 4) is 16.9 Å². The summed E-state index contributed by atoms with van der Waals surface area (Å²) in [5.74, 6) is 0. The standard InChI is InChI=1S/C17H16ClN3/c1-12-2-4-13(5-3-12)17-14(10-19)11-21(20-17)16-8-6-15(18)7-9-16/h2-9,11H,10,19H2,1H3. The van der Waals surface area contributed by atoms with Gasteiger partial charge in [-0.25, -0.2) is 4.68 Å². The summed E-state index contributed by atoms with van der Waals surface area (Å²) in [6.45, 7) is 2.52. The molecule has 0 amide bonds. The van der Waals surface area contributed by atoms with Crippen LogP contribution in [0.25, 0.3) is 16.9 Å². The fraction of sp³-hybridized carbons (Fsp3) is 0.118. The second-order valence-corrected chi connectivity index (χ2v) is 5.43. The summed E-state index contributed by atoms with van der Waals surface area (Å²) in [5.41, 5.74) is 11.1. The van der Waals surface area contributed by atoms with E-state index < -0.39 is 0 Å². The summed E-state index contributed by atoms with van der Waals surface area (Å²) in [5, 5.41) is 5.39. The number of rotatable bonds is 3. The van der Waals surface area contributed by atoms with Crippen LogP contribution >= 0.6 is 11.6 Å². The van der Waals surface area contributed by atoms with Gasteiger partial charge in [-0.15, -0.1) is 0 Å². The van der Waals surface area contributed by atoms with Crippen LogP contribution in [0.15, 0.2) is 54.7 Å². The molecule has 0 aliphatic heterocycles. The highest BCUT2D eigenvalue weighted by atomic mass is 35.5. The minimum atomic E-state index is 0.455. The summed E-state index contributed by atoms with van der Waals surface area (Å²) in [7, 11) is 0. The molecule has 0 aliphatic carbocycles. The molecule has 1 aromatic heterocycles. The monoisotopic (exact) mass is 297 g/mol. The summed E-state index contributed by atoms with van der Waals surface area (Å²) < 4.78 is 1.84. The zero-order chi connectivity index (χ0) is 14.8. The average Bonchev–Trinajstić information content (AvgIpc) is 2.93. The Labute approximate surface area is 129 Å². The molecular weight excluding hydrogens is 282 g/mol. The number of aryl methyl sites for hydroxylation is 1. The molecule has 0 bridgehead atoms. The Morgan fingerprint density at radius 3 is 2.33 bits per heavy atom. The van der Waals surface area contributed by atoms with E-state index in [1.165, 1.54) is 5.56 Å². The van der Waals surface area contributed by atoms with Gasteiger partial charge in [0, 0.05) is 28.9 Å². The molecule has 0 fully saturated rings. The Morgan fingerprint density at radius 1 is 1.05 bits per heavy atom. The van der Waals surface area contributed by atoms with Crippen LogP contribution in [0, 0.1) is 6.92 Å². The smallest absolute Gasteiger partial charge is 0.0972 e. The fourth-order valence-corrected chi connectivity index (χ4v) is 2.37. The van der Waals surface area contributed by atoms with Crippen LogP contribution < -0.4 is 5.73 Å². The lowest BCUT2D eigenvalue weighted by atomic mass is 10.1. The first-order chi connectivity index (χ1) is 10.2. The van der Waals surface area contributed by atoms with Crippen LogP contribution in [-0.2, 0) is 6.54 Å². The van der Waals surface area contributed by atoms with E-state index in [1.807, 2.05) is 35.1 Å². The lowest BCUT2D eigenvalue weighted by Gasteiger charge is -2.02. The Kier molecular flexibility index (Phi) is 3.78. The molecule has 4 heteroatoms. The Balaban J connectivity index is 2.05. The van der Waals surface area contributed by atoms with Gasteiger partial charge in [-0.3, -0.25) is 0 Å². The highest BCUT2D eigenvalue weighted by Gasteiger charge is 2.11. The van der Waals surface area contributed by atoms with E-state index in [1.54, 1.807) is 0 Å². The van der Waals surface area contributed by atoms with Crippen molar-refractivity contribution in [2.24, 2.45) is 5.73 Å². The first kappa shape index (κ1) is 13.9. The molecular formula is C17H16ClN3. The maximum atomic E-state index is 5.92. The van der Waals surface area contributed by atoms with Crippen LogP contribution in [0.4, 0.5) is 0 Å². The van der Waals surface area contributed by atoms with Crippen molar-refractivity contribution in [2.75, 3.05) is 0 Å². The molecule has 0 unspecified atom stereocenters. The van der Waals surface area contributed by atoms with E-state index in [-0.39, 0.29) is 0 Å². The second-order valence-electron chi connectivity index (χ2n) is 4.99. The van der Waals surface area contributed by atoms with E-state index in [2.05, 4.69) is 36.3 Å². The SMILES string of the molecule is Cc1ccc(-c2nn(-c3ccc(Cl)cc3)cc2CN)cc1. The van der Waals surface area contributed by atoms with Crippen LogP contribution in [-0.4, -0.2) is 9.78 Å². The largest absolute Gasteiger partial charge is 0.326 e. The molecule has 2 N–H and O–H groups in total. The highest BCUT2D eigenvalue weighted by Crippen LogP contribution is 2.24. The fourth-order valence-electron chi connectivity index (χ4n) is 2.24. The van der Waals surface area contributed by atoms with Gasteiger partial charge >= 0.3 is 0 Å². The van der Waals surface area contributed by atoms with Crippen molar-refractivity contribution in [1.82, 2.24) is 9.78 Å². The maximum Gasteiger partial charge on any atom is 0.0972 e. The summed E-state index contributed by atoms with van der Waals surface area (Å²) in [4.78, 5) is 0. The van der Waals surface area contributed by atoms with E-state index >= 15 is 0 Å². The lowest BCUT2D eigenvalue weighted by molar-refractivity contribution is 0.883. The molecule has 0 saturated heterocycles. The van der Waals surface area contributed by atoms with Gasteiger partial charge in [0.15, 0.2) is 0 Å². The normalized spacial score (nSPS) is 10.8. The number of benzene rings is 2. The molecule has 106 valence electrons. The molecule has 3 rings (SSSR count). The Hall–Kier alpha value is -2.10. The predicted molar refractivity (Wildman–Crippen MR) is 86.6 cm³/mol. The van der Waals surface area contributed by atoms with E-state index in [9.17, 15) is 0 Å². The lowest BCUT2D eigenvalue weighted by Crippen LogP contribution is -1.96. The third-order valence-corrected chi connectivity index (χ3v) is 3.68. The summed E-state index contributed by atoms with van der Waals surface area (Å²) in [6, 6.07) is 15.9.